The summed E-state index contributed by atoms with van der Waals surface area (Å²) in [5, 5.41) is 0. The number of halogens is 3. The van der Waals surface area contributed by atoms with E-state index in [4.69, 9.17) is 0 Å². The van der Waals surface area contributed by atoms with E-state index in [-0.39, 0.29) is 23.2 Å². The molecule has 122 valence electrons. The molecule has 0 N–H and O–H groups in total. The van der Waals surface area contributed by atoms with E-state index >= 15 is 0 Å². The Morgan fingerprint density at radius 1 is 1.17 bits per heavy atom. The summed E-state index contributed by atoms with van der Waals surface area (Å²) in [6.07, 6.45) is 7.23. The highest BCUT2D eigenvalue weighted by Crippen LogP contribution is 2.30. The Morgan fingerprint density at radius 3 is 2.79 bits per heavy atom. The Hall–Kier alpha value is -2.28. The lowest BCUT2D eigenvalue weighted by Gasteiger charge is -2.11. The maximum atomic E-state index is 14.6. The van der Waals surface area contributed by atoms with E-state index in [2.05, 4.69) is 25.9 Å². The largest absolute Gasteiger partial charge is 0.305 e. The van der Waals surface area contributed by atoms with E-state index in [1.807, 2.05) is 6.92 Å². The molecule has 0 aliphatic heterocycles. The van der Waals surface area contributed by atoms with Crippen molar-refractivity contribution in [3.8, 4) is 0 Å². The Balaban J connectivity index is 1.73. The summed E-state index contributed by atoms with van der Waals surface area (Å²) < 4.78 is 32.4. The molecular weight excluding hydrogens is 378 g/mol. The van der Waals surface area contributed by atoms with E-state index in [9.17, 15) is 8.78 Å². The molecule has 0 aliphatic rings. The van der Waals surface area contributed by atoms with Crippen molar-refractivity contribution >= 4 is 27.2 Å². The summed E-state index contributed by atoms with van der Waals surface area (Å²) >= 11 is 3.48. The normalized spacial score (nSPS) is 13.0. The summed E-state index contributed by atoms with van der Waals surface area (Å²) in [5.74, 6) is -0.812. The molecule has 0 amide bonds. The highest BCUT2D eigenvalue weighted by Gasteiger charge is 2.20. The van der Waals surface area contributed by atoms with Gasteiger partial charge in [-0.15, -0.1) is 0 Å². The number of pyridine rings is 2. The van der Waals surface area contributed by atoms with Gasteiger partial charge in [0.2, 0.25) is 0 Å². The van der Waals surface area contributed by atoms with Crippen LogP contribution in [0.25, 0.3) is 11.3 Å². The molecule has 4 rings (SSSR count). The molecule has 4 nitrogen and oxygen atoms in total. The van der Waals surface area contributed by atoms with Crippen LogP contribution >= 0.6 is 15.9 Å². The van der Waals surface area contributed by atoms with Crippen LogP contribution in [-0.2, 0) is 6.42 Å². The average Bonchev–Trinajstić information content (AvgIpc) is 3.17. The number of hydrogen-bond acceptors (Lipinski definition) is 2. The number of rotatable bonds is 3. The Bertz CT molecular complexity index is 1050. The monoisotopic (exact) mass is 390 g/mol. The molecule has 7 heteroatoms. The first kappa shape index (κ1) is 15.3. The fraction of sp³-hybridized carbons (Fsp3) is 0.176. The van der Waals surface area contributed by atoms with Gasteiger partial charge in [-0.1, -0.05) is 6.92 Å². The van der Waals surface area contributed by atoms with Crippen LogP contribution in [0.2, 0.25) is 0 Å². The third-order valence-corrected chi connectivity index (χ3v) is 4.93. The van der Waals surface area contributed by atoms with Gasteiger partial charge < -0.3 is 4.40 Å². The van der Waals surface area contributed by atoms with Crippen LogP contribution in [-0.4, -0.2) is 18.8 Å². The second-order valence-corrected chi connectivity index (χ2v) is 6.51. The van der Waals surface area contributed by atoms with Gasteiger partial charge in [-0.2, -0.15) is 0 Å². The molecule has 0 aromatic carbocycles. The first-order valence-electron chi connectivity index (χ1n) is 7.48. The molecule has 4 aromatic rings. The van der Waals surface area contributed by atoms with E-state index in [0.29, 0.717) is 27.9 Å². The minimum absolute atomic E-state index is 0.0920. The van der Waals surface area contributed by atoms with Crippen LogP contribution in [0, 0.1) is 11.6 Å². The lowest BCUT2D eigenvalue weighted by atomic mass is 9.99. The molecule has 0 spiro atoms. The summed E-state index contributed by atoms with van der Waals surface area (Å²) in [4.78, 5) is 8.42. The van der Waals surface area contributed by atoms with Gasteiger partial charge in [0.1, 0.15) is 4.60 Å². The van der Waals surface area contributed by atoms with Gasteiger partial charge in [0.05, 0.1) is 5.69 Å². The summed E-state index contributed by atoms with van der Waals surface area (Å²) in [7, 11) is 0. The van der Waals surface area contributed by atoms with Gasteiger partial charge in [0.25, 0.3) is 0 Å². The predicted molar refractivity (Wildman–Crippen MR) is 90.1 cm³/mol. The second-order valence-electron chi connectivity index (χ2n) is 5.76. The molecule has 0 saturated carbocycles. The molecule has 4 heterocycles. The van der Waals surface area contributed by atoms with Crippen LogP contribution in [0.5, 0.6) is 0 Å². The molecule has 24 heavy (non-hydrogen) atoms. The van der Waals surface area contributed by atoms with Gasteiger partial charge in [-0.25, -0.2) is 18.7 Å². The van der Waals surface area contributed by atoms with Gasteiger partial charge in [0.15, 0.2) is 22.9 Å². The van der Waals surface area contributed by atoms with Crippen LogP contribution in [0.15, 0.2) is 47.6 Å². The van der Waals surface area contributed by atoms with Crippen molar-refractivity contribution in [2.75, 3.05) is 0 Å². The van der Waals surface area contributed by atoms with E-state index in [1.54, 1.807) is 45.7 Å². The van der Waals surface area contributed by atoms with Gasteiger partial charge in [-0.3, -0.25) is 4.40 Å². The third-order valence-electron chi connectivity index (χ3n) is 4.14. The van der Waals surface area contributed by atoms with Crippen molar-refractivity contribution in [2.24, 2.45) is 0 Å². The number of hydrogen-bond donors (Lipinski definition) is 0. The summed E-state index contributed by atoms with van der Waals surface area (Å²) in [6.45, 7) is 1.94. The Kier molecular flexibility index (Phi) is 3.60. The second kappa shape index (κ2) is 5.66. The molecule has 0 saturated heterocycles. The maximum Gasteiger partial charge on any atom is 0.174 e. The molecule has 0 fully saturated rings. The topological polar surface area (TPSA) is 34.6 Å². The van der Waals surface area contributed by atoms with Crippen molar-refractivity contribution in [2.45, 2.75) is 19.3 Å². The number of imidazole rings is 2. The first-order valence-corrected chi connectivity index (χ1v) is 8.27. The quantitative estimate of drug-likeness (QED) is 0.520. The van der Waals surface area contributed by atoms with Gasteiger partial charge >= 0.3 is 0 Å². The van der Waals surface area contributed by atoms with Crippen molar-refractivity contribution in [3.05, 3.63) is 70.5 Å². The van der Waals surface area contributed by atoms with Crippen LogP contribution < -0.4 is 0 Å². The van der Waals surface area contributed by atoms with Crippen LogP contribution in [0.1, 0.15) is 24.1 Å². The van der Waals surface area contributed by atoms with Gasteiger partial charge in [-0.05, 0) is 46.1 Å². The zero-order valence-corrected chi connectivity index (χ0v) is 14.3. The first-order chi connectivity index (χ1) is 11.6. The van der Waals surface area contributed by atoms with Crippen LogP contribution in [0.3, 0.4) is 0 Å². The van der Waals surface area contributed by atoms with Crippen molar-refractivity contribution in [1.29, 1.82) is 0 Å². The summed E-state index contributed by atoms with van der Waals surface area (Å²) in [6, 6.07) is 4.73. The number of fused-ring (bicyclic) bond motifs is 2. The van der Waals surface area contributed by atoms with Crippen molar-refractivity contribution in [1.82, 2.24) is 18.8 Å². The zero-order chi connectivity index (χ0) is 16.8. The van der Waals surface area contributed by atoms with E-state index < -0.39 is 0 Å². The molecule has 0 bridgehead atoms. The lowest BCUT2D eigenvalue weighted by Crippen LogP contribution is -2.04. The highest BCUT2D eigenvalue weighted by molar-refractivity contribution is 9.10. The molecule has 0 radical (unpaired) electrons. The fourth-order valence-electron chi connectivity index (χ4n) is 2.91. The van der Waals surface area contributed by atoms with E-state index in [1.165, 1.54) is 6.07 Å². The van der Waals surface area contributed by atoms with Crippen LogP contribution in [0.4, 0.5) is 8.78 Å². The fourth-order valence-corrected chi connectivity index (χ4v) is 3.68. The van der Waals surface area contributed by atoms with E-state index in [0.717, 1.165) is 0 Å². The summed E-state index contributed by atoms with van der Waals surface area (Å²) in [5.41, 5.74) is 1.82. The Morgan fingerprint density at radius 2 is 2.00 bits per heavy atom. The molecule has 0 unspecified atom stereocenters. The minimum atomic E-state index is -0.387. The molecule has 0 aliphatic carbocycles. The number of nitrogens with zero attached hydrogens (tertiary/aromatic N) is 4. The SMILES string of the molecule is C[C@H](Cc1ccn2ccnc2c1F)c1nc2c(F)cccn2c1Br. The molecule has 4 aromatic heterocycles. The minimum Gasteiger partial charge on any atom is -0.305 e. The lowest BCUT2D eigenvalue weighted by molar-refractivity contribution is 0.597. The maximum absolute atomic E-state index is 14.6. The third kappa shape index (κ3) is 2.31. The smallest absolute Gasteiger partial charge is 0.174 e. The Labute approximate surface area is 144 Å². The average molecular weight is 391 g/mol. The van der Waals surface area contributed by atoms with Crippen molar-refractivity contribution in [3.63, 3.8) is 0 Å². The molecule has 1 atom stereocenters. The zero-order valence-electron chi connectivity index (χ0n) is 12.7. The predicted octanol–water partition coefficient (Wildman–Crippen LogP) is 4.37. The van der Waals surface area contributed by atoms with Gasteiger partial charge in [0, 0.05) is 30.7 Å². The van der Waals surface area contributed by atoms with Crippen molar-refractivity contribution < 1.29 is 8.78 Å². The highest BCUT2D eigenvalue weighted by atomic mass is 79.9. The standard InChI is InChI=1S/C17H13BrF2N4/c1-10(9-11-4-7-23-8-5-21-17(23)13(11)20)14-15(18)24-6-2-3-12(19)16(24)22-14/h2-8,10H,9H2,1H3/t10-/m1/s1. The number of aromatic nitrogens is 4. The molecular formula is C17H13BrF2N4.